The Morgan fingerprint density at radius 1 is 1.09 bits per heavy atom. The summed E-state index contributed by atoms with van der Waals surface area (Å²) in [6.45, 7) is 2.29. The molecular formula is C17H15ClN2O2S. The van der Waals surface area contributed by atoms with Crippen LogP contribution < -0.4 is 5.32 Å². The number of benzene rings is 2. The number of aryl methyl sites for hydroxylation is 1. The molecule has 1 N–H and O–H groups in total. The Morgan fingerprint density at radius 3 is 2.39 bits per heavy atom. The van der Waals surface area contributed by atoms with Gasteiger partial charge in [-0.15, -0.1) is 0 Å². The van der Waals surface area contributed by atoms with E-state index in [-0.39, 0.29) is 11.1 Å². The monoisotopic (exact) mass is 346 g/mol. The van der Waals surface area contributed by atoms with E-state index in [1.807, 2.05) is 31.2 Å². The van der Waals surface area contributed by atoms with Crippen molar-refractivity contribution >= 4 is 40.2 Å². The molecule has 0 spiro atoms. The number of imide groups is 1. The van der Waals surface area contributed by atoms with Crippen LogP contribution in [0.15, 0.2) is 48.5 Å². The summed E-state index contributed by atoms with van der Waals surface area (Å²) < 4.78 is 0. The highest BCUT2D eigenvalue weighted by Gasteiger charge is 2.39. The van der Waals surface area contributed by atoms with Gasteiger partial charge in [0.05, 0.1) is 6.54 Å². The first-order valence-electron chi connectivity index (χ1n) is 7.12. The molecule has 1 fully saturated rings. The Labute approximate surface area is 143 Å². The minimum atomic E-state index is -0.603. The number of halogens is 1. The van der Waals surface area contributed by atoms with Crippen LogP contribution in [0.4, 0.5) is 10.5 Å². The van der Waals surface area contributed by atoms with Gasteiger partial charge in [-0.3, -0.25) is 14.5 Å². The number of rotatable bonds is 4. The van der Waals surface area contributed by atoms with Crippen molar-refractivity contribution in [1.29, 1.82) is 0 Å². The van der Waals surface area contributed by atoms with Crippen molar-refractivity contribution in [2.24, 2.45) is 0 Å². The van der Waals surface area contributed by atoms with Crippen molar-refractivity contribution in [3.05, 3.63) is 64.7 Å². The van der Waals surface area contributed by atoms with E-state index in [2.05, 4.69) is 5.32 Å². The van der Waals surface area contributed by atoms with E-state index in [1.54, 1.807) is 24.3 Å². The van der Waals surface area contributed by atoms with Gasteiger partial charge >= 0.3 is 0 Å². The molecule has 23 heavy (non-hydrogen) atoms. The minimum absolute atomic E-state index is 0.226. The van der Waals surface area contributed by atoms with E-state index in [1.165, 1.54) is 4.90 Å². The summed E-state index contributed by atoms with van der Waals surface area (Å²) in [5.74, 6) is -0.226. The SMILES string of the molecule is Cc1ccc(CN2C(=O)S[C@H](Nc3ccc(Cl)cc3)C2=O)cc1. The third-order valence-electron chi connectivity index (χ3n) is 3.53. The summed E-state index contributed by atoms with van der Waals surface area (Å²) in [5.41, 5.74) is 2.83. The smallest absolute Gasteiger partial charge is 0.291 e. The maximum atomic E-state index is 12.5. The number of hydrogen-bond acceptors (Lipinski definition) is 4. The molecule has 1 aliphatic heterocycles. The highest BCUT2D eigenvalue weighted by molar-refractivity contribution is 8.15. The van der Waals surface area contributed by atoms with Crippen molar-refractivity contribution in [3.63, 3.8) is 0 Å². The first-order valence-corrected chi connectivity index (χ1v) is 8.38. The summed E-state index contributed by atoms with van der Waals surface area (Å²) in [7, 11) is 0. The molecule has 6 heteroatoms. The number of hydrogen-bond donors (Lipinski definition) is 1. The number of carbonyl (C=O) groups is 2. The van der Waals surface area contributed by atoms with Crippen molar-refractivity contribution < 1.29 is 9.59 Å². The molecule has 2 amide bonds. The minimum Gasteiger partial charge on any atom is -0.365 e. The quantitative estimate of drug-likeness (QED) is 0.897. The van der Waals surface area contributed by atoms with Crippen molar-refractivity contribution in [2.45, 2.75) is 18.8 Å². The molecule has 0 bridgehead atoms. The molecule has 0 saturated carbocycles. The Kier molecular flexibility index (Phi) is 4.59. The number of nitrogens with one attached hydrogen (secondary N) is 1. The second kappa shape index (κ2) is 6.64. The molecule has 1 aliphatic rings. The molecule has 1 atom stereocenters. The lowest BCUT2D eigenvalue weighted by atomic mass is 10.1. The molecule has 0 unspecified atom stereocenters. The van der Waals surface area contributed by atoms with E-state index in [4.69, 9.17) is 11.6 Å². The van der Waals surface area contributed by atoms with Gasteiger partial charge in [0.1, 0.15) is 0 Å². The maximum Gasteiger partial charge on any atom is 0.291 e. The molecule has 1 heterocycles. The molecule has 2 aromatic carbocycles. The van der Waals surface area contributed by atoms with E-state index >= 15 is 0 Å². The van der Waals surface area contributed by atoms with Crippen LogP contribution in [0.3, 0.4) is 0 Å². The molecule has 1 saturated heterocycles. The normalized spacial score (nSPS) is 17.7. The van der Waals surface area contributed by atoms with E-state index < -0.39 is 5.37 Å². The number of carbonyl (C=O) groups excluding carboxylic acids is 2. The second-order valence-corrected chi connectivity index (χ2v) is 6.82. The molecule has 4 nitrogen and oxygen atoms in total. The van der Waals surface area contributed by atoms with Gasteiger partial charge in [0, 0.05) is 10.7 Å². The van der Waals surface area contributed by atoms with Crippen LogP contribution in [0, 0.1) is 6.92 Å². The summed E-state index contributed by atoms with van der Waals surface area (Å²) in [6.07, 6.45) is 0. The van der Waals surface area contributed by atoms with Crippen molar-refractivity contribution in [3.8, 4) is 0 Å². The van der Waals surface area contributed by atoms with Crippen LogP contribution in [0.2, 0.25) is 5.02 Å². The van der Waals surface area contributed by atoms with Gasteiger partial charge < -0.3 is 5.32 Å². The maximum absolute atomic E-state index is 12.5. The van der Waals surface area contributed by atoms with Crippen LogP contribution in [0.25, 0.3) is 0 Å². The van der Waals surface area contributed by atoms with E-state index in [0.717, 1.165) is 28.6 Å². The van der Waals surface area contributed by atoms with Crippen LogP contribution in [-0.2, 0) is 11.3 Å². The summed E-state index contributed by atoms with van der Waals surface area (Å²) in [5, 5.41) is 2.85. The number of thioether (sulfide) groups is 1. The number of nitrogens with zero attached hydrogens (tertiary/aromatic N) is 1. The second-order valence-electron chi connectivity index (χ2n) is 5.33. The average molecular weight is 347 g/mol. The van der Waals surface area contributed by atoms with Crippen LogP contribution >= 0.6 is 23.4 Å². The fourth-order valence-corrected chi connectivity index (χ4v) is 3.29. The number of anilines is 1. The third-order valence-corrected chi connectivity index (χ3v) is 4.76. The predicted octanol–water partition coefficient (Wildman–Crippen LogP) is 4.28. The Hall–Kier alpha value is -1.98. The lowest BCUT2D eigenvalue weighted by molar-refractivity contribution is -0.126. The molecule has 0 aliphatic carbocycles. The van der Waals surface area contributed by atoms with Gasteiger partial charge in [-0.05, 0) is 48.5 Å². The van der Waals surface area contributed by atoms with Crippen molar-refractivity contribution in [2.75, 3.05) is 5.32 Å². The van der Waals surface area contributed by atoms with Crippen LogP contribution in [-0.4, -0.2) is 21.4 Å². The highest BCUT2D eigenvalue weighted by atomic mass is 35.5. The summed E-state index contributed by atoms with van der Waals surface area (Å²) in [4.78, 5) is 25.9. The van der Waals surface area contributed by atoms with E-state index in [0.29, 0.717) is 11.6 Å². The molecule has 2 aromatic rings. The topological polar surface area (TPSA) is 49.4 Å². The standard InChI is InChI=1S/C17H15ClN2O2S/c1-11-2-4-12(5-3-11)10-20-16(21)15(23-17(20)22)19-14-8-6-13(18)7-9-14/h2-9,15,19H,10H2,1H3/t15-/m0/s1. The first-order chi connectivity index (χ1) is 11.0. The lowest BCUT2D eigenvalue weighted by Crippen LogP contribution is -2.33. The Morgan fingerprint density at radius 2 is 1.74 bits per heavy atom. The Bertz CT molecular complexity index is 731. The van der Waals surface area contributed by atoms with Gasteiger partial charge in [-0.2, -0.15) is 0 Å². The average Bonchev–Trinajstić information content (AvgIpc) is 2.79. The fraction of sp³-hybridized carbons (Fsp3) is 0.176. The molecule has 0 radical (unpaired) electrons. The molecule has 118 valence electrons. The lowest BCUT2D eigenvalue weighted by Gasteiger charge is -2.15. The van der Waals surface area contributed by atoms with Crippen LogP contribution in [0.5, 0.6) is 0 Å². The summed E-state index contributed by atoms with van der Waals surface area (Å²) in [6, 6.07) is 14.8. The molecular weight excluding hydrogens is 332 g/mol. The van der Waals surface area contributed by atoms with Gasteiger partial charge in [0.2, 0.25) is 0 Å². The van der Waals surface area contributed by atoms with Gasteiger partial charge in [0.15, 0.2) is 5.37 Å². The summed E-state index contributed by atoms with van der Waals surface area (Å²) >= 11 is 6.84. The zero-order valence-electron chi connectivity index (χ0n) is 12.5. The largest absolute Gasteiger partial charge is 0.365 e. The first kappa shape index (κ1) is 15.9. The van der Waals surface area contributed by atoms with Gasteiger partial charge in [-0.25, -0.2) is 0 Å². The fourth-order valence-electron chi connectivity index (χ4n) is 2.25. The zero-order chi connectivity index (χ0) is 16.4. The highest BCUT2D eigenvalue weighted by Crippen LogP contribution is 2.29. The zero-order valence-corrected chi connectivity index (χ0v) is 14.0. The van der Waals surface area contributed by atoms with Gasteiger partial charge in [-0.1, -0.05) is 41.4 Å². The van der Waals surface area contributed by atoms with E-state index in [9.17, 15) is 9.59 Å². The van der Waals surface area contributed by atoms with Crippen molar-refractivity contribution in [1.82, 2.24) is 4.90 Å². The van der Waals surface area contributed by atoms with Gasteiger partial charge in [0.25, 0.3) is 11.1 Å². The molecule has 3 rings (SSSR count). The molecule has 0 aromatic heterocycles. The Balaban J connectivity index is 1.69. The van der Waals surface area contributed by atoms with Crippen LogP contribution in [0.1, 0.15) is 11.1 Å². The third kappa shape index (κ3) is 3.68. The predicted molar refractivity (Wildman–Crippen MR) is 93.6 cm³/mol. The number of amides is 2.